The van der Waals surface area contributed by atoms with Crippen LogP contribution in [0.15, 0.2) is 34.3 Å². The molecule has 0 aliphatic carbocycles. The fourth-order valence-electron chi connectivity index (χ4n) is 1.72. The first-order valence-electron chi connectivity index (χ1n) is 6.25. The number of carbonyl (C=O) groups is 1. The topological polar surface area (TPSA) is 122 Å². The van der Waals surface area contributed by atoms with Gasteiger partial charge < -0.3 is 16.3 Å². The van der Waals surface area contributed by atoms with Crippen LogP contribution >= 0.6 is 0 Å². The highest BCUT2D eigenvalue weighted by Crippen LogP contribution is 2.11. The van der Waals surface area contributed by atoms with E-state index in [0.29, 0.717) is 5.56 Å². The van der Waals surface area contributed by atoms with Crippen LogP contribution in [0.3, 0.4) is 0 Å². The van der Waals surface area contributed by atoms with E-state index in [9.17, 15) is 13.2 Å². The molecule has 0 radical (unpaired) electrons. The van der Waals surface area contributed by atoms with Gasteiger partial charge in [0.1, 0.15) is 0 Å². The van der Waals surface area contributed by atoms with Crippen LogP contribution in [0.5, 0.6) is 0 Å². The van der Waals surface area contributed by atoms with Crippen LogP contribution in [-0.4, -0.2) is 37.7 Å². The number of rotatable bonds is 5. The second-order valence-corrected chi connectivity index (χ2v) is 7.03. The summed E-state index contributed by atoms with van der Waals surface area (Å²) in [6.07, 6.45) is 1.09. The Balaban J connectivity index is 2.94. The Morgan fingerprint density at radius 1 is 1.29 bits per heavy atom. The lowest BCUT2D eigenvalue weighted by molar-refractivity contribution is 0.0938. The molecule has 0 spiro atoms. The molecule has 0 saturated carbocycles. The normalized spacial score (nSPS) is 14.0. The first-order chi connectivity index (χ1) is 9.66. The molecule has 0 aliphatic rings. The number of hydrogen-bond acceptors (Lipinski definition) is 5. The smallest absolute Gasteiger partial charge is 0.251 e. The predicted octanol–water partition coefficient (Wildman–Crippen LogP) is 0.591. The van der Waals surface area contributed by atoms with Gasteiger partial charge in [-0.3, -0.25) is 4.79 Å². The summed E-state index contributed by atoms with van der Waals surface area (Å²) in [4.78, 5) is 12.2. The van der Waals surface area contributed by atoms with Gasteiger partial charge >= 0.3 is 0 Å². The van der Waals surface area contributed by atoms with Crippen LogP contribution in [0.2, 0.25) is 0 Å². The van der Waals surface area contributed by atoms with Gasteiger partial charge in [-0.05, 0) is 30.2 Å². The molecule has 0 bridgehead atoms. The summed E-state index contributed by atoms with van der Waals surface area (Å²) in [6.45, 7) is 3.63. The number of nitrogens with zero attached hydrogens (tertiary/aromatic N) is 1. The quantitative estimate of drug-likeness (QED) is 0.318. The van der Waals surface area contributed by atoms with Crippen molar-refractivity contribution in [2.45, 2.75) is 24.8 Å². The maximum Gasteiger partial charge on any atom is 0.251 e. The highest BCUT2D eigenvalue weighted by atomic mass is 32.2. The van der Waals surface area contributed by atoms with Gasteiger partial charge in [0.2, 0.25) is 0 Å². The third-order valence-electron chi connectivity index (χ3n) is 2.93. The molecule has 0 saturated heterocycles. The van der Waals surface area contributed by atoms with E-state index in [2.05, 4.69) is 10.5 Å². The number of nitrogens with one attached hydrogen (secondary N) is 1. The Morgan fingerprint density at radius 3 is 2.19 bits per heavy atom. The van der Waals surface area contributed by atoms with Crippen molar-refractivity contribution < 1.29 is 18.4 Å². The number of carbonyl (C=O) groups excluding carboxylic acids is 1. The van der Waals surface area contributed by atoms with Gasteiger partial charge in [0.25, 0.3) is 5.91 Å². The van der Waals surface area contributed by atoms with Crippen molar-refractivity contribution in [1.29, 1.82) is 0 Å². The zero-order valence-corrected chi connectivity index (χ0v) is 12.9. The molecule has 1 aromatic carbocycles. The minimum atomic E-state index is -3.30. The average Bonchev–Trinajstić information content (AvgIpc) is 2.42. The second-order valence-electron chi connectivity index (χ2n) is 5.02. The second kappa shape index (κ2) is 6.57. The van der Waals surface area contributed by atoms with Gasteiger partial charge in [-0.15, -0.1) is 0 Å². The number of oxime groups is 1. The summed E-state index contributed by atoms with van der Waals surface area (Å²) >= 11 is 0. The largest absolute Gasteiger partial charge is 0.409 e. The van der Waals surface area contributed by atoms with E-state index in [0.717, 1.165) is 6.26 Å². The van der Waals surface area contributed by atoms with E-state index in [-0.39, 0.29) is 16.6 Å². The standard InChI is InChI=1S/C13H19N3O4S/c1-8(2)11(12(14)16-18)15-13(17)9-4-6-10(7-5-9)21(3,19)20/h4-8,11,18H,1-3H3,(H2,14,16)(H,15,17). The highest BCUT2D eigenvalue weighted by molar-refractivity contribution is 7.90. The maximum absolute atomic E-state index is 12.1. The van der Waals surface area contributed by atoms with E-state index in [1.54, 1.807) is 0 Å². The van der Waals surface area contributed by atoms with Crippen LogP contribution in [-0.2, 0) is 9.84 Å². The van der Waals surface area contributed by atoms with Gasteiger partial charge in [-0.2, -0.15) is 0 Å². The van der Waals surface area contributed by atoms with Crippen LogP contribution in [0.1, 0.15) is 24.2 Å². The fraction of sp³-hybridized carbons (Fsp3) is 0.385. The van der Waals surface area contributed by atoms with E-state index in [4.69, 9.17) is 10.9 Å². The molecule has 1 rings (SSSR count). The Labute approximate surface area is 123 Å². The number of sulfone groups is 1. The molecule has 0 aromatic heterocycles. The highest BCUT2D eigenvalue weighted by Gasteiger charge is 2.21. The lowest BCUT2D eigenvalue weighted by Crippen LogP contribution is -2.47. The van der Waals surface area contributed by atoms with Crippen molar-refractivity contribution in [1.82, 2.24) is 5.32 Å². The minimum absolute atomic E-state index is 0.0693. The van der Waals surface area contributed by atoms with Crippen LogP contribution in [0.4, 0.5) is 0 Å². The first-order valence-corrected chi connectivity index (χ1v) is 8.14. The molecule has 7 nitrogen and oxygen atoms in total. The van der Waals surface area contributed by atoms with E-state index < -0.39 is 21.8 Å². The molecule has 1 unspecified atom stereocenters. The summed E-state index contributed by atoms with van der Waals surface area (Å²) < 4.78 is 22.7. The van der Waals surface area contributed by atoms with Crippen LogP contribution in [0.25, 0.3) is 0 Å². The maximum atomic E-state index is 12.1. The molecule has 0 aliphatic heterocycles. The summed E-state index contributed by atoms with van der Waals surface area (Å²) in [5.41, 5.74) is 5.82. The molecular formula is C13H19N3O4S. The monoisotopic (exact) mass is 313 g/mol. The summed E-state index contributed by atoms with van der Waals surface area (Å²) in [6, 6.07) is 4.93. The van der Waals surface area contributed by atoms with E-state index in [1.165, 1.54) is 24.3 Å². The number of amidine groups is 1. The molecule has 8 heteroatoms. The predicted molar refractivity (Wildman–Crippen MR) is 79.1 cm³/mol. The first kappa shape index (κ1) is 17.0. The van der Waals surface area contributed by atoms with Gasteiger partial charge in [0, 0.05) is 11.8 Å². The molecule has 4 N–H and O–H groups in total. The van der Waals surface area contributed by atoms with Crippen molar-refractivity contribution in [3.8, 4) is 0 Å². The van der Waals surface area contributed by atoms with E-state index >= 15 is 0 Å². The Morgan fingerprint density at radius 2 is 1.81 bits per heavy atom. The lowest BCUT2D eigenvalue weighted by atomic mass is 10.0. The molecular weight excluding hydrogens is 294 g/mol. The summed E-state index contributed by atoms with van der Waals surface area (Å²) in [7, 11) is -3.30. The molecule has 21 heavy (non-hydrogen) atoms. The van der Waals surface area contributed by atoms with Crippen LogP contribution in [0, 0.1) is 5.92 Å². The van der Waals surface area contributed by atoms with Crippen molar-refractivity contribution in [3.05, 3.63) is 29.8 Å². The number of nitrogens with two attached hydrogens (primary N) is 1. The number of amides is 1. The average molecular weight is 313 g/mol. The fourth-order valence-corrected chi connectivity index (χ4v) is 2.35. The van der Waals surface area contributed by atoms with Gasteiger partial charge in [0.15, 0.2) is 15.7 Å². The third kappa shape index (κ3) is 4.45. The lowest BCUT2D eigenvalue weighted by Gasteiger charge is -2.20. The molecule has 0 fully saturated rings. The van der Waals surface area contributed by atoms with Crippen LogP contribution < -0.4 is 11.1 Å². The van der Waals surface area contributed by atoms with E-state index in [1.807, 2.05) is 13.8 Å². The Hall–Kier alpha value is -2.09. The summed E-state index contributed by atoms with van der Waals surface area (Å²) in [5.74, 6) is -0.591. The molecule has 1 atom stereocenters. The van der Waals surface area contributed by atoms with Crippen molar-refractivity contribution >= 4 is 21.6 Å². The third-order valence-corrected chi connectivity index (χ3v) is 4.06. The molecule has 116 valence electrons. The SMILES string of the molecule is CC(C)C(NC(=O)c1ccc(S(C)(=O)=O)cc1)C(N)=NO. The molecule has 1 aromatic rings. The van der Waals surface area contributed by atoms with Gasteiger partial charge in [-0.1, -0.05) is 19.0 Å². The van der Waals surface area contributed by atoms with Crippen molar-refractivity contribution in [2.24, 2.45) is 16.8 Å². The van der Waals surface area contributed by atoms with Crippen molar-refractivity contribution in [2.75, 3.05) is 6.26 Å². The van der Waals surface area contributed by atoms with Crippen molar-refractivity contribution in [3.63, 3.8) is 0 Å². The Bertz CT molecular complexity index is 636. The zero-order valence-electron chi connectivity index (χ0n) is 12.1. The van der Waals surface area contributed by atoms with Gasteiger partial charge in [0.05, 0.1) is 10.9 Å². The summed E-state index contributed by atoms with van der Waals surface area (Å²) in [5, 5.41) is 14.2. The molecule has 0 heterocycles. The number of benzene rings is 1. The number of hydrogen-bond donors (Lipinski definition) is 3. The minimum Gasteiger partial charge on any atom is -0.409 e. The zero-order chi connectivity index (χ0) is 16.2. The molecule has 1 amide bonds. The Kier molecular flexibility index (Phi) is 5.31. The van der Waals surface area contributed by atoms with Gasteiger partial charge in [-0.25, -0.2) is 8.42 Å².